The lowest BCUT2D eigenvalue weighted by molar-refractivity contribution is 0.671. The Balaban J connectivity index is 3.46. The van der Waals surface area contributed by atoms with Crippen LogP contribution in [0.3, 0.4) is 0 Å². The second-order valence-electron chi connectivity index (χ2n) is 2.39. The van der Waals surface area contributed by atoms with Crippen LogP contribution in [-0.2, 0) is 10.8 Å². The summed E-state index contributed by atoms with van der Waals surface area (Å²) in [6.07, 6.45) is 1.20. The van der Waals surface area contributed by atoms with Gasteiger partial charge in [0.15, 0.2) is 0 Å². The SMILES string of the molecule is CC(CN)S(=O)CCCC#N. The van der Waals surface area contributed by atoms with Crippen molar-refractivity contribution in [2.24, 2.45) is 5.73 Å². The minimum absolute atomic E-state index is 0.0636. The molecule has 0 aromatic heterocycles. The van der Waals surface area contributed by atoms with Crippen molar-refractivity contribution in [2.45, 2.75) is 25.0 Å². The Morgan fingerprint density at radius 1 is 1.73 bits per heavy atom. The van der Waals surface area contributed by atoms with Gasteiger partial charge in [0.05, 0.1) is 6.07 Å². The number of hydrogen-bond donors (Lipinski definition) is 1. The normalized spacial score (nSPS) is 15.4. The zero-order valence-electron chi connectivity index (χ0n) is 6.75. The minimum Gasteiger partial charge on any atom is -0.329 e. The summed E-state index contributed by atoms with van der Waals surface area (Å²) in [6, 6.07) is 2.01. The Bertz CT molecular complexity index is 164. The topological polar surface area (TPSA) is 66.9 Å². The van der Waals surface area contributed by atoms with Gasteiger partial charge in [-0.1, -0.05) is 0 Å². The van der Waals surface area contributed by atoms with Crippen molar-refractivity contribution >= 4 is 10.8 Å². The van der Waals surface area contributed by atoms with E-state index in [-0.39, 0.29) is 5.25 Å². The molecule has 0 aromatic rings. The van der Waals surface area contributed by atoms with Gasteiger partial charge in [0.1, 0.15) is 0 Å². The van der Waals surface area contributed by atoms with Crippen molar-refractivity contribution in [3.63, 3.8) is 0 Å². The molecule has 4 heteroatoms. The van der Waals surface area contributed by atoms with Crippen LogP contribution in [0.4, 0.5) is 0 Å². The summed E-state index contributed by atoms with van der Waals surface area (Å²) in [5.41, 5.74) is 5.32. The lowest BCUT2D eigenvalue weighted by atomic mass is 10.4. The summed E-state index contributed by atoms with van der Waals surface area (Å²) in [7, 11) is -0.842. The third-order valence-corrected chi connectivity index (χ3v) is 3.20. The average Bonchev–Trinajstić information content (AvgIpc) is 2.03. The third kappa shape index (κ3) is 4.93. The van der Waals surface area contributed by atoms with Crippen LogP contribution in [0, 0.1) is 11.3 Å². The molecule has 64 valence electrons. The van der Waals surface area contributed by atoms with E-state index in [9.17, 15) is 4.21 Å². The summed E-state index contributed by atoms with van der Waals surface area (Å²) in [5, 5.41) is 8.26. The molecular formula is C7H14N2OS. The van der Waals surface area contributed by atoms with E-state index in [0.29, 0.717) is 25.1 Å². The van der Waals surface area contributed by atoms with Gasteiger partial charge in [-0.3, -0.25) is 4.21 Å². The van der Waals surface area contributed by atoms with Crippen molar-refractivity contribution in [1.29, 1.82) is 5.26 Å². The van der Waals surface area contributed by atoms with Crippen molar-refractivity contribution in [1.82, 2.24) is 0 Å². The first-order chi connectivity index (χ1) is 5.22. The maximum absolute atomic E-state index is 11.2. The molecule has 0 aromatic carbocycles. The molecule has 0 heterocycles. The van der Waals surface area contributed by atoms with Crippen molar-refractivity contribution in [3.05, 3.63) is 0 Å². The van der Waals surface area contributed by atoms with Crippen LogP contribution in [0.15, 0.2) is 0 Å². The molecule has 0 aliphatic heterocycles. The van der Waals surface area contributed by atoms with E-state index >= 15 is 0 Å². The molecule has 0 saturated carbocycles. The van der Waals surface area contributed by atoms with Gasteiger partial charge >= 0.3 is 0 Å². The van der Waals surface area contributed by atoms with Crippen molar-refractivity contribution in [3.8, 4) is 6.07 Å². The summed E-state index contributed by atoms with van der Waals surface area (Å²) in [4.78, 5) is 0. The van der Waals surface area contributed by atoms with Gasteiger partial charge in [0.25, 0.3) is 0 Å². The number of nitriles is 1. The summed E-state index contributed by atoms with van der Waals surface area (Å²) in [6.45, 7) is 2.32. The molecule has 0 rings (SSSR count). The quantitative estimate of drug-likeness (QED) is 0.613. The van der Waals surface area contributed by atoms with Gasteiger partial charge < -0.3 is 5.73 Å². The van der Waals surface area contributed by atoms with Crippen LogP contribution < -0.4 is 5.73 Å². The van der Waals surface area contributed by atoms with E-state index in [1.54, 1.807) is 0 Å². The third-order valence-electron chi connectivity index (χ3n) is 1.41. The molecule has 0 aliphatic rings. The molecule has 0 bridgehead atoms. The standard InChI is InChI=1S/C7H14N2OS/c1-7(6-9)11(10)5-3-2-4-8/h7H,2-3,5-6,9H2,1H3. The van der Waals surface area contributed by atoms with E-state index in [4.69, 9.17) is 11.0 Å². The lowest BCUT2D eigenvalue weighted by Crippen LogP contribution is -2.23. The fourth-order valence-corrected chi connectivity index (χ4v) is 1.65. The Hall–Kier alpha value is -0.400. The first-order valence-electron chi connectivity index (χ1n) is 3.66. The fraction of sp³-hybridized carbons (Fsp3) is 0.857. The highest BCUT2D eigenvalue weighted by atomic mass is 32.2. The largest absolute Gasteiger partial charge is 0.329 e. The molecule has 2 unspecified atom stereocenters. The van der Waals surface area contributed by atoms with Crippen LogP contribution in [0.5, 0.6) is 0 Å². The minimum atomic E-state index is -0.842. The van der Waals surface area contributed by atoms with Crippen LogP contribution in [0.1, 0.15) is 19.8 Å². The number of hydrogen-bond acceptors (Lipinski definition) is 3. The van der Waals surface area contributed by atoms with Crippen LogP contribution in [0.2, 0.25) is 0 Å². The number of nitrogens with zero attached hydrogens (tertiary/aromatic N) is 1. The predicted octanol–water partition coefficient (Wildman–Crippen LogP) is 0.386. The van der Waals surface area contributed by atoms with Gasteiger partial charge in [-0.2, -0.15) is 5.26 Å². The lowest BCUT2D eigenvalue weighted by Gasteiger charge is -2.06. The van der Waals surface area contributed by atoms with Gasteiger partial charge in [-0.25, -0.2) is 0 Å². The van der Waals surface area contributed by atoms with Gasteiger partial charge in [-0.05, 0) is 13.3 Å². The summed E-state index contributed by atoms with van der Waals surface area (Å²) >= 11 is 0. The Morgan fingerprint density at radius 3 is 2.82 bits per heavy atom. The second kappa shape index (κ2) is 6.32. The van der Waals surface area contributed by atoms with Gasteiger partial charge in [0, 0.05) is 34.8 Å². The molecule has 3 nitrogen and oxygen atoms in total. The molecular weight excluding hydrogens is 160 g/mol. The van der Waals surface area contributed by atoms with Gasteiger partial charge in [0.2, 0.25) is 0 Å². The van der Waals surface area contributed by atoms with Crippen LogP contribution in [0.25, 0.3) is 0 Å². The zero-order chi connectivity index (χ0) is 8.69. The molecule has 2 atom stereocenters. The Kier molecular flexibility index (Phi) is 6.09. The molecule has 0 saturated heterocycles. The van der Waals surface area contributed by atoms with Crippen LogP contribution in [-0.4, -0.2) is 21.8 Å². The van der Waals surface area contributed by atoms with Crippen molar-refractivity contribution < 1.29 is 4.21 Å². The highest BCUT2D eigenvalue weighted by Crippen LogP contribution is 1.97. The van der Waals surface area contributed by atoms with Crippen molar-refractivity contribution in [2.75, 3.05) is 12.3 Å². The molecule has 0 radical (unpaired) electrons. The van der Waals surface area contributed by atoms with E-state index < -0.39 is 10.8 Å². The van der Waals surface area contributed by atoms with Crippen LogP contribution >= 0.6 is 0 Å². The fourth-order valence-electron chi connectivity index (χ4n) is 0.602. The molecule has 0 fully saturated rings. The first-order valence-corrected chi connectivity index (χ1v) is 5.04. The molecule has 0 amide bonds. The average molecular weight is 174 g/mol. The maximum atomic E-state index is 11.2. The van der Waals surface area contributed by atoms with E-state index in [2.05, 4.69) is 0 Å². The monoisotopic (exact) mass is 174 g/mol. The zero-order valence-corrected chi connectivity index (χ0v) is 7.56. The highest BCUT2D eigenvalue weighted by molar-refractivity contribution is 7.85. The summed E-state index contributed by atoms with van der Waals surface area (Å²) in [5.74, 6) is 0.603. The second-order valence-corrected chi connectivity index (χ2v) is 4.37. The highest BCUT2D eigenvalue weighted by Gasteiger charge is 2.07. The number of rotatable bonds is 5. The maximum Gasteiger partial charge on any atom is 0.0622 e. The predicted molar refractivity (Wildman–Crippen MR) is 46.4 cm³/mol. The number of nitrogens with two attached hydrogens (primary N) is 1. The summed E-state index contributed by atoms with van der Waals surface area (Å²) < 4.78 is 11.2. The molecule has 11 heavy (non-hydrogen) atoms. The number of unbranched alkanes of at least 4 members (excludes halogenated alkanes) is 1. The van der Waals surface area contributed by atoms with E-state index in [1.165, 1.54) is 0 Å². The van der Waals surface area contributed by atoms with Gasteiger partial charge in [-0.15, -0.1) is 0 Å². The molecule has 2 N–H and O–H groups in total. The Morgan fingerprint density at radius 2 is 2.36 bits per heavy atom. The molecule has 0 spiro atoms. The first kappa shape index (κ1) is 10.6. The van der Waals surface area contributed by atoms with E-state index in [1.807, 2.05) is 13.0 Å². The smallest absolute Gasteiger partial charge is 0.0622 e. The molecule has 0 aliphatic carbocycles. The van der Waals surface area contributed by atoms with E-state index in [0.717, 1.165) is 0 Å². The Labute approximate surface area is 70.0 Å².